The number of carbonyl (C=O) groups excluding carboxylic acids is 2. The van der Waals surface area contributed by atoms with Crippen LogP contribution < -0.4 is 10.1 Å². The molecule has 1 saturated carbocycles. The average molecular weight is 342 g/mol. The van der Waals surface area contributed by atoms with Crippen LogP contribution in [-0.2, 0) is 9.59 Å². The van der Waals surface area contributed by atoms with Crippen LogP contribution in [0.2, 0.25) is 0 Å². The van der Waals surface area contributed by atoms with Gasteiger partial charge in [0.15, 0.2) is 0 Å². The van der Waals surface area contributed by atoms with Crippen molar-refractivity contribution in [3.8, 4) is 5.75 Å². The molecule has 3 rings (SSSR count). The van der Waals surface area contributed by atoms with Crippen LogP contribution in [0.4, 0.5) is 0 Å². The van der Waals surface area contributed by atoms with Crippen molar-refractivity contribution in [2.75, 3.05) is 26.7 Å². The van der Waals surface area contributed by atoms with Crippen LogP contribution in [0, 0.1) is 11.8 Å². The van der Waals surface area contributed by atoms with E-state index in [4.69, 9.17) is 4.74 Å². The van der Waals surface area contributed by atoms with Crippen LogP contribution in [0.5, 0.6) is 5.75 Å². The maximum absolute atomic E-state index is 12.3. The number of amides is 2. The van der Waals surface area contributed by atoms with Crippen molar-refractivity contribution in [1.82, 2.24) is 10.2 Å². The lowest BCUT2D eigenvalue weighted by Crippen LogP contribution is -2.37. The van der Waals surface area contributed by atoms with Crippen LogP contribution in [-0.4, -0.2) is 43.5 Å². The largest absolute Gasteiger partial charge is 0.497 e. The van der Waals surface area contributed by atoms with E-state index in [0.717, 1.165) is 25.1 Å². The summed E-state index contributed by atoms with van der Waals surface area (Å²) in [4.78, 5) is 25.9. The quantitative estimate of drug-likeness (QED) is 0.864. The Kier molecular flexibility index (Phi) is 5.41. The van der Waals surface area contributed by atoms with E-state index in [0.29, 0.717) is 25.4 Å². The summed E-state index contributed by atoms with van der Waals surface area (Å²) in [6.45, 7) is 3.88. The molecule has 2 atom stereocenters. The standard InChI is InChI=1S/C20H26N2O3/c1-14-13-18(14)20(24)21-10-7-19(23)22-11-8-16(9-12-22)15-3-5-17(25-2)6-4-15/h3-6,8,14,18H,7,9-13H2,1-2H3,(H,21,24)/t14-,18-/m1/s1. The number of carbonyl (C=O) groups is 2. The van der Waals surface area contributed by atoms with Crippen LogP contribution in [0.1, 0.15) is 31.7 Å². The van der Waals surface area contributed by atoms with Gasteiger partial charge in [0.25, 0.3) is 0 Å². The molecule has 1 aliphatic heterocycles. The highest BCUT2D eigenvalue weighted by Crippen LogP contribution is 2.37. The third-order valence-electron chi connectivity index (χ3n) is 5.11. The van der Waals surface area contributed by atoms with Crippen molar-refractivity contribution in [3.05, 3.63) is 35.9 Å². The highest BCUT2D eigenvalue weighted by Gasteiger charge is 2.38. The number of ether oxygens (including phenoxy) is 1. The Morgan fingerprint density at radius 3 is 2.56 bits per heavy atom. The minimum atomic E-state index is 0.0978. The summed E-state index contributed by atoms with van der Waals surface area (Å²) in [5.41, 5.74) is 2.45. The first-order valence-corrected chi connectivity index (χ1v) is 8.97. The topological polar surface area (TPSA) is 58.6 Å². The zero-order chi connectivity index (χ0) is 17.8. The third-order valence-corrected chi connectivity index (χ3v) is 5.11. The predicted molar refractivity (Wildman–Crippen MR) is 97.1 cm³/mol. The van der Waals surface area contributed by atoms with Crippen molar-refractivity contribution < 1.29 is 14.3 Å². The molecule has 0 radical (unpaired) electrons. The molecule has 1 aromatic carbocycles. The van der Waals surface area contributed by atoms with Gasteiger partial charge in [0.2, 0.25) is 11.8 Å². The molecule has 134 valence electrons. The van der Waals surface area contributed by atoms with Gasteiger partial charge in [-0.3, -0.25) is 9.59 Å². The maximum atomic E-state index is 12.3. The van der Waals surface area contributed by atoms with Gasteiger partial charge in [-0.2, -0.15) is 0 Å². The Hall–Kier alpha value is -2.30. The molecule has 1 fully saturated rings. The molecular formula is C20H26N2O3. The second-order valence-electron chi connectivity index (χ2n) is 6.91. The molecule has 0 saturated heterocycles. The molecule has 2 amide bonds. The van der Waals surface area contributed by atoms with E-state index >= 15 is 0 Å². The molecule has 1 aromatic rings. The van der Waals surface area contributed by atoms with Gasteiger partial charge in [-0.05, 0) is 42.0 Å². The molecule has 1 aliphatic carbocycles. The van der Waals surface area contributed by atoms with E-state index in [2.05, 4.69) is 30.4 Å². The number of benzene rings is 1. The summed E-state index contributed by atoms with van der Waals surface area (Å²) in [6, 6.07) is 8.02. The minimum Gasteiger partial charge on any atom is -0.497 e. The van der Waals surface area contributed by atoms with Gasteiger partial charge in [0.1, 0.15) is 5.75 Å². The highest BCUT2D eigenvalue weighted by molar-refractivity contribution is 5.83. The first kappa shape index (κ1) is 17.5. The molecule has 5 heteroatoms. The Balaban J connectivity index is 1.44. The number of hydrogen-bond acceptors (Lipinski definition) is 3. The van der Waals surface area contributed by atoms with E-state index in [9.17, 15) is 9.59 Å². The van der Waals surface area contributed by atoms with Crippen LogP contribution in [0.25, 0.3) is 5.57 Å². The summed E-state index contributed by atoms with van der Waals surface area (Å²) in [6.07, 6.45) is 4.32. The zero-order valence-corrected chi connectivity index (χ0v) is 15.0. The zero-order valence-electron chi connectivity index (χ0n) is 15.0. The Bertz CT molecular complexity index is 666. The number of rotatable bonds is 6. The third kappa shape index (κ3) is 4.41. The normalized spacial score (nSPS) is 22.2. The summed E-state index contributed by atoms with van der Waals surface area (Å²) in [5.74, 6) is 1.72. The van der Waals surface area contributed by atoms with Crippen LogP contribution in [0.3, 0.4) is 0 Å². The van der Waals surface area contributed by atoms with E-state index < -0.39 is 0 Å². The van der Waals surface area contributed by atoms with Gasteiger partial charge < -0.3 is 15.0 Å². The molecule has 0 spiro atoms. The van der Waals surface area contributed by atoms with Gasteiger partial charge in [-0.25, -0.2) is 0 Å². The summed E-state index contributed by atoms with van der Waals surface area (Å²) in [7, 11) is 1.66. The molecule has 0 unspecified atom stereocenters. The fourth-order valence-electron chi connectivity index (χ4n) is 3.23. The van der Waals surface area contributed by atoms with Crippen molar-refractivity contribution in [3.63, 3.8) is 0 Å². The fraction of sp³-hybridized carbons (Fsp3) is 0.500. The van der Waals surface area contributed by atoms with E-state index in [1.807, 2.05) is 17.0 Å². The number of nitrogens with zero attached hydrogens (tertiary/aromatic N) is 1. The minimum absolute atomic E-state index is 0.0978. The Morgan fingerprint density at radius 1 is 1.28 bits per heavy atom. The van der Waals surface area contributed by atoms with Gasteiger partial charge in [0, 0.05) is 32.0 Å². The van der Waals surface area contributed by atoms with Gasteiger partial charge in [0.05, 0.1) is 7.11 Å². The first-order valence-electron chi connectivity index (χ1n) is 8.97. The SMILES string of the molecule is COc1ccc(C2=CCN(C(=O)CCNC(=O)[C@@H]3C[C@H]3C)CC2)cc1. The lowest BCUT2D eigenvalue weighted by atomic mass is 9.99. The molecule has 25 heavy (non-hydrogen) atoms. The molecule has 1 heterocycles. The van der Waals surface area contributed by atoms with Crippen LogP contribution in [0.15, 0.2) is 30.3 Å². The van der Waals surface area contributed by atoms with Gasteiger partial charge in [-0.1, -0.05) is 25.1 Å². The molecule has 0 aromatic heterocycles. The number of methoxy groups -OCH3 is 1. The van der Waals surface area contributed by atoms with E-state index in [1.54, 1.807) is 7.11 Å². The average Bonchev–Trinajstić information content (AvgIpc) is 3.38. The highest BCUT2D eigenvalue weighted by atomic mass is 16.5. The summed E-state index contributed by atoms with van der Waals surface area (Å²) >= 11 is 0. The molecular weight excluding hydrogens is 316 g/mol. The molecule has 0 bridgehead atoms. The molecule has 1 N–H and O–H groups in total. The smallest absolute Gasteiger partial charge is 0.224 e. The lowest BCUT2D eigenvalue weighted by molar-refractivity contribution is -0.130. The maximum Gasteiger partial charge on any atom is 0.224 e. The van der Waals surface area contributed by atoms with Gasteiger partial charge in [-0.15, -0.1) is 0 Å². The van der Waals surface area contributed by atoms with E-state index in [1.165, 1.54) is 11.1 Å². The second-order valence-corrected chi connectivity index (χ2v) is 6.91. The van der Waals surface area contributed by atoms with Crippen molar-refractivity contribution in [2.45, 2.75) is 26.2 Å². The fourth-order valence-corrected chi connectivity index (χ4v) is 3.23. The number of nitrogens with one attached hydrogen (secondary N) is 1. The molecule has 5 nitrogen and oxygen atoms in total. The lowest BCUT2D eigenvalue weighted by Gasteiger charge is -2.27. The van der Waals surface area contributed by atoms with Crippen molar-refractivity contribution in [1.29, 1.82) is 0 Å². The van der Waals surface area contributed by atoms with Crippen molar-refractivity contribution in [2.24, 2.45) is 11.8 Å². The first-order chi connectivity index (χ1) is 12.1. The summed E-state index contributed by atoms with van der Waals surface area (Å²) < 4.78 is 5.18. The molecule has 2 aliphatic rings. The predicted octanol–water partition coefficient (Wildman–Crippen LogP) is 2.47. The van der Waals surface area contributed by atoms with E-state index in [-0.39, 0.29) is 17.7 Å². The summed E-state index contributed by atoms with van der Waals surface area (Å²) in [5, 5.41) is 2.88. The number of hydrogen-bond donors (Lipinski definition) is 1. The second kappa shape index (κ2) is 7.72. The Morgan fingerprint density at radius 2 is 2.00 bits per heavy atom. The van der Waals surface area contributed by atoms with Gasteiger partial charge >= 0.3 is 0 Å². The monoisotopic (exact) mass is 342 g/mol. The van der Waals surface area contributed by atoms with Crippen molar-refractivity contribution >= 4 is 17.4 Å². The Labute approximate surface area is 149 Å². The van der Waals surface area contributed by atoms with Crippen LogP contribution >= 0.6 is 0 Å².